The van der Waals surface area contributed by atoms with Gasteiger partial charge in [0.25, 0.3) is 0 Å². The Hall–Kier alpha value is -4.36. The van der Waals surface area contributed by atoms with E-state index in [1.54, 1.807) is 0 Å². The van der Waals surface area contributed by atoms with Crippen LogP contribution in [0.15, 0.2) is 121 Å². The molecule has 1 heterocycles. The van der Waals surface area contributed by atoms with E-state index in [4.69, 9.17) is 4.74 Å². The van der Waals surface area contributed by atoms with E-state index in [-0.39, 0.29) is 0 Å². The fraction of sp³-hybridized carbons (Fsp3) is 0.0303. The molecule has 2 aliphatic rings. The summed E-state index contributed by atoms with van der Waals surface area (Å²) in [7, 11) is 0. The van der Waals surface area contributed by atoms with Crippen molar-refractivity contribution in [2.24, 2.45) is 0 Å². The molecule has 1 aliphatic heterocycles. The van der Waals surface area contributed by atoms with E-state index in [9.17, 15) is 0 Å². The summed E-state index contributed by atoms with van der Waals surface area (Å²) in [6.07, 6.45) is 0. The maximum absolute atomic E-state index is 6.49. The highest BCUT2D eigenvalue weighted by Gasteiger charge is 2.52. The third kappa shape index (κ3) is 2.02. The van der Waals surface area contributed by atoms with E-state index < -0.39 is 5.41 Å². The molecule has 0 radical (unpaired) electrons. The van der Waals surface area contributed by atoms with Gasteiger partial charge in [0.2, 0.25) is 0 Å². The van der Waals surface area contributed by atoms with Gasteiger partial charge < -0.3 is 4.74 Å². The number of hydrogen-bond donors (Lipinski definition) is 0. The van der Waals surface area contributed by atoms with Gasteiger partial charge in [-0.25, -0.2) is 0 Å². The van der Waals surface area contributed by atoms with E-state index >= 15 is 0 Å². The molecule has 0 saturated carbocycles. The summed E-state index contributed by atoms with van der Waals surface area (Å²) >= 11 is 0. The van der Waals surface area contributed by atoms with Crippen molar-refractivity contribution in [3.63, 3.8) is 0 Å². The molecule has 0 amide bonds. The molecule has 0 atom stereocenters. The second-order valence-corrected chi connectivity index (χ2v) is 9.23. The van der Waals surface area contributed by atoms with Crippen LogP contribution in [-0.4, -0.2) is 0 Å². The van der Waals surface area contributed by atoms with Crippen LogP contribution in [0.3, 0.4) is 0 Å². The fourth-order valence-corrected chi connectivity index (χ4v) is 6.53. The Morgan fingerprint density at radius 2 is 0.882 bits per heavy atom. The van der Waals surface area contributed by atoms with E-state index in [0.717, 1.165) is 11.5 Å². The Morgan fingerprint density at radius 1 is 0.412 bits per heavy atom. The molecular weight excluding hydrogens is 412 g/mol. The van der Waals surface area contributed by atoms with Crippen LogP contribution in [0.1, 0.15) is 22.3 Å². The number of ether oxygens (including phenoxy) is 1. The van der Waals surface area contributed by atoms with Gasteiger partial charge in [0, 0.05) is 11.1 Å². The van der Waals surface area contributed by atoms with Gasteiger partial charge in [-0.3, -0.25) is 0 Å². The SMILES string of the molecule is c1ccc2c(c1)Oc1ccccc1C21c2ccccc2-c2c1c1ccccc1c1ccccc21. The Balaban J connectivity index is 1.72. The minimum atomic E-state index is -0.443. The first-order valence-electron chi connectivity index (χ1n) is 11.8. The first kappa shape index (κ1) is 18.1. The lowest BCUT2D eigenvalue weighted by Crippen LogP contribution is -2.32. The molecule has 0 unspecified atom stereocenters. The van der Waals surface area contributed by atoms with Crippen molar-refractivity contribution in [3.8, 4) is 22.6 Å². The zero-order valence-corrected chi connectivity index (χ0v) is 18.5. The van der Waals surface area contributed by atoms with E-state index in [2.05, 4.69) is 121 Å². The van der Waals surface area contributed by atoms with Gasteiger partial charge in [0.1, 0.15) is 11.5 Å². The highest BCUT2D eigenvalue weighted by molar-refractivity contribution is 6.19. The molecule has 1 nitrogen and oxygen atoms in total. The predicted molar refractivity (Wildman–Crippen MR) is 139 cm³/mol. The first-order valence-corrected chi connectivity index (χ1v) is 11.8. The predicted octanol–water partition coefficient (Wildman–Crippen LogP) is 8.46. The largest absolute Gasteiger partial charge is 0.457 e. The van der Waals surface area contributed by atoms with Crippen molar-refractivity contribution in [1.29, 1.82) is 0 Å². The van der Waals surface area contributed by atoms with Crippen LogP contribution in [0, 0.1) is 0 Å². The average molecular weight is 433 g/mol. The zero-order chi connectivity index (χ0) is 22.3. The van der Waals surface area contributed by atoms with Crippen LogP contribution >= 0.6 is 0 Å². The molecule has 34 heavy (non-hydrogen) atoms. The first-order chi connectivity index (χ1) is 16.9. The van der Waals surface area contributed by atoms with Crippen molar-refractivity contribution in [1.82, 2.24) is 0 Å². The molecule has 1 spiro atoms. The second-order valence-electron chi connectivity index (χ2n) is 9.23. The molecule has 6 aromatic rings. The van der Waals surface area contributed by atoms with Crippen LogP contribution in [0.4, 0.5) is 0 Å². The smallest absolute Gasteiger partial charge is 0.132 e. The molecule has 6 aromatic carbocycles. The van der Waals surface area contributed by atoms with Gasteiger partial charge >= 0.3 is 0 Å². The highest BCUT2D eigenvalue weighted by atomic mass is 16.5. The molecule has 0 bridgehead atoms. The number of para-hydroxylation sites is 2. The number of rotatable bonds is 0. The summed E-state index contributed by atoms with van der Waals surface area (Å²) in [5, 5.41) is 5.21. The minimum Gasteiger partial charge on any atom is -0.457 e. The number of benzene rings is 6. The third-order valence-corrected chi connectivity index (χ3v) is 7.71. The molecule has 8 rings (SSSR count). The van der Waals surface area contributed by atoms with Crippen LogP contribution in [-0.2, 0) is 5.41 Å². The van der Waals surface area contributed by atoms with Gasteiger partial charge in [0.15, 0.2) is 0 Å². The van der Waals surface area contributed by atoms with Crippen LogP contribution in [0.25, 0.3) is 32.7 Å². The normalized spacial score (nSPS) is 14.4. The molecule has 1 heteroatoms. The van der Waals surface area contributed by atoms with Gasteiger partial charge in [-0.05, 0) is 55.9 Å². The second kappa shape index (κ2) is 6.36. The van der Waals surface area contributed by atoms with Gasteiger partial charge in [-0.2, -0.15) is 0 Å². The number of fused-ring (bicyclic) bond motifs is 14. The van der Waals surface area contributed by atoms with Crippen LogP contribution in [0.2, 0.25) is 0 Å². The van der Waals surface area contributed by atoms with Gasteiger partial charge in [0.05, 0.1) is 5.41 Å². The van der Waals surface area contributed by atoms with E-state index in [0.29, 0.717) is 0 Å². The summed E-state index contributed by atoms with van der Waals surface area (Å²) < 4.78 is 6.49. The Morgan fingerprint density at radius 3 is 1.56 bits per heavy atom. The summed E-state index contributed by atoms with van der Waals surface area (Å²) in [6, 6.07) is 43.9. The highest BCUT2D eigenvalue weighted by Crippen LogP contribution is 2.64. The Kier molecular flexibility index (Phi) is 3.39. The summed E-state index contributed by atoms with van der Waals surface area (Å²) in [6.45, 7) is 0. The number of hydrogen-bond acceptors (Lipinski definition) is 1. The topological polar surface area (TPSA) is 9.23 Å². The molecule has 1 aliphatic carbocycles. The third-order valence-electron chi connectivity index (χ3n) is 7.71. The Labute approximate surface area is 197 Å². The standard InChI is InChI=1S/C33H20O/c1-3-13-23-21(11-1)22-12-2-4-14-24(22)32-31(23)25-15-5-6-16-26(25)33(32)27-17-7-9-19-29(27)34-30-20-10-8-18-28(30)33/h1-20H. The van der Waals surface area contributed by atoms with Gasteiger partial charge in [-0.1, -0.05) is 109 Å². The molecule has 0 aromatic heterocycles. The summed E-state index contributed by atoms with van der Waals surface area (Å²) in [5.41, 5.74) is 7.32. The van der Waals surface area contributed by atoms with Crippen molar-refractivity contribution >= 4 is 21.5 Å². The molecule has 0 saturated heterocycles. The van der Waals surface area contributed by atoms with Crippen molar-refractivity contribution in [3.05, 3.63) is 144 Å². The van der Waals surface area contributed by atoms with Crippen LogP contribution in [0.5, 0.6) is 11.5 Å². The lowest BCUT2D eigenvalue weighted by atomic mass is 9.65. The van der Waals surface area contributed by atoms with E-state index in [1.807, 2.05) is 0 Å². The molecule has 158 valence electrons. The maximum atomic E-state index is 6.49. The average Bonchev–Trinajstić information content (AvgIpc) is 3.21. The molecule has 0 fully saturated rings. The van der Waals surface area contributed by atoms with Crippen LogP contribution < -0.4 is 4.74 Å². The lowest BCUT2D eigenvalue weighted by Gasteiger charge is -2.40. The molecule has 0 N–H and O–H groups in total. The van der Waals surface area contributed by atoms with E-state index in [1.165, 1.54) is 54.9 Å². The monoisotopic (exact) mass is 432 g/mol. The van der Waals surface area contributed by atoms with Crippen molar-refractivity contribution < 1.29 is 4.74 Å². The summed E-state index contributed by atoms with van der Waals surface area (Å²) in [4.78, 5) is 0. The van der Waals surface area contributed by atoms with Crippen molar-refractivity contribution in [2.75, 3.05) is 0 Å². The van der Waals surface area contributed by atoms with Gasteiger partial charge in [-0.15, -0.1) is 0 Å². The molecular formula is C33H20O. The van der Waals surface area contributed by atoms with Crippen molar-refractivity contribution in [2.45, 2.75) is 5.41 Å². The fourth-order valence-electron chi connectivity index (χ4n) is 6.53. The maximum Gasteiger partial charge on any atom is 0.132 e. The Bertz CT molecular complexity index is 1750. The zero-order valence-electron chi connectivity index (χ0n) is 18.5. The lowest BCUT2D eigenvalue weighted by molar-refractivity contribution is 0.437. The quantitative estimate of drug-likeness (QED) is 0.218. The summed E-state index contributed by atoms with van der Waals surface area (Å²) in [5.74, 6) is 1.86. The minimum absolute atomic E-state index is 0.443.